The minimum Gasteiger partial charge on any atom is -0.452 e. The lowest BCUT2D eigenvalue weighted by atomic mass is 10.1. The molecule has 1 unspecified atom stereocenters. The summed E-state index contributed by atoms with van der Waals surface area (Å²) in [6.45, 7) is 3.65. The van der Waals surface area contributed by atoms with E-state index in [0.29, 0.717) is 12.2 Å². The van der Waals surface area contributed by atoms with Crippen LogP contribution in [0.15, 0.2) is 30.3 Å². The van der Waals surface area contributed by atoms with Gasteiger partial charge in [-0.3, -0.25) is 9.59 Å². The molecule has 1 atom stereocenters. The summed E-state index contributed by atoms with van der Waals surface area (Å²) in [4.78, 5) is 23.0. The Balaban J connectivity index is 2.75. The number of carbonyl (C=O) groups excluding carboxylic acids is 2. The number of Topliss-reactive ketones (excluding diaryl/α,β-unsaturated/α-hetero) is 1. The van der Waals surface area contributed by atoms with Gasteiger partial charge < -0.3 is 9.47 Å². The van der Waals surface area contributed by atoms with E-state index in [-0.39, 0.29) is 12.4 Å². The lowest BCUT2D eigenvalue weighted by molar-refractivity contribution is -0.146. The first-order valence-corrected chi connectivity index (χ1v) is 5.49. The Morgan fingerprint density at radius 3 is 2.41 bits per heavy atom. The standard InChI is InChI=1S/C13H16O4/c1-3-16-9-12(17-10(2)14)13(15)11-7-5-4-6-8-11/h4-8,12H,3,9H2,1-2H3. The first-order chi connectivity index (χ1) is 8.15. The molecular formula is C13H16O4. The number of carbonyl (C=O) groups is 2. The maximum Gasteiger partial charge on any atom is 0.303 e. The van der Waals surface area contributed by atoms with Gasteiger partial charge in [-0.05, 0) is 6.92 Å². The summed E-state index contributed by atoms with van der Waals surface area (Å²) in [6, 6.07) is 8.72. The van der Waals surface area contributed by atoms with Crippen molar-refractivity contribution in [3.8, 4) is 0 Å². The first-order valence-electron chi connectivity index (χ1n) is 5.49. The van der Waals surface area contributed by atoms with Crippen LogP contribution >= 0.6 is 0 Å². The van der Waals surface area contributed by atoms with Gasteiger partial charge in [0.1, 0.15) is 0 Å². The minimum absolute atomic E-state index is 0.0871. The Kier molecular flexibility index (Phi) is 5.36. The minimum atomic E-state index is -0.866. The van der Waals surface area contributed by atoms with Gasteiger partial charge in [-0.25, -0.2) is 0 Å². The van der Waals surface area contributed by atoms with Crippen molar-refractivity contribution in [3.63, 3.8) is 0 Å². The number of hydrogen-bond donors (Lipinski definition) is 0. The number of esters is 1. The van der Waals surface area contributed by atoms with Crippen molar-refractivity contribution in [1.82, 2.24) is 0 Å². The molecule has 1 aromatic rings. The average Bonchev–Trinajstić information content (AvgIpc) is 2.34. The second-order valence-electron chi connectivity index (χ2n) is 3.49. The zero-order chi connectivity index (χ0) is 12.7. The molecule has 0 bridgehead atoms. The molecular weight excluding hydrogens is 220 g/mol. The fourth-order valence-electron chi connectivity index (χ4n) is 1.38. The van der Waals surface area contributed by atoms with Gasteiger partial charge in [0.15, 0.2) is 6.10 Å². The van der Waals surface area contributed by atoms with E-state index >= 15 is 0 Å². The maximum atomic E-state index is 12.0. The molecule has 0 fully saturated rings. The molecule has 0 radical (unpaired) electrons. The molecule has 0 aliphatic carbocycles. The second kappa shape index (κ2) is 6.81. The highest BCUT2D eigenvalue weighted by Gasteiger charge is 2.22. The molecule has 0 aliphatic rings. The largest absolute Gasteiger partial charge is 0.452 e. The van der Waals surface area contributed by atoms with Crippen LogP contribution in [0, 0.1) is 0 Å². The van der Waals surface area contributed by atoms with Gasteiger partial charge in [0.05, 0.1) is 6.61 Å². The highest BCUT2D eigenvalue weighted by molar-refractivity contribution is 6.00. The van der Waals surface area contributed by atoms with Crippen LogP contribution in [0.2, 0.25) is 0 Å². The molecule has 4 nitrogen and oxygen atoms in total. The van der Waals surface area contributed by atoms with Crippen molar-refractivity contribution in [1.29, 1.82) is 0 Å². The van der Waals surface area contributed by atoms with E-state index in [9.17, 15) is 9.59 Å². The molecule has 17 heavy (non-hydrogen) atoms. The van der Waals surface area contributed by atoms with E-state index in [2.05, 4.69) is 0 Å². The van der Waals surface area contributed by atoms with Crippen LogP contribution in [0.3, 0.4) is 0 Å². The van der Waals surface area contributed by atoms with Gasteiger partial charge in [0.2, 0.25) is 5.78 Å². The molecule has 92 valence electrons. The number of hydrogen-bond acceptors (Lipinski definition) is 4. The molecule has 0 saturated carbocycles. The maximum absolute atomic E-state index is 12.0. The third-order valence-electron chi connectivity index (χ3n) is 2.13. The SMILES string of the molecule is CCOCC(OC(C)=O)C(=O)c1ccccc1. The van der Waals surface area contributed by atoms with Crippen molar-refractivity contribution in [3.05, 3.63) is 35.9 Å². The Morgan fingerprint density at radius 1 is 1.24 bits per heavy atom. The molecule has 0 spiro atoms. The average molecular weight is 236 g/mol. The third kappa shape index (κ3) is 4.36. The first kappa shape index (κ1) is 13.4. The summed E-state index contributed by atoms with van der Waals surface area (Å²) in [5, 5.41) is 0. The van der Waals surface area contributed by atoms with E-state index in [0.717, 1.165) is 0 Å². The summed E-state index contributed by atoms with van der Waals surface area (Å²) in [7, 11) is 0. The normalized spacial score (nSPS) is 11.9. The quantitative estimate of drug-likeness (QED) is 0.558. The van der Waals surface area contributed by atoms with E-state index in [1.54, 1.807) is 24.3 Å². The summed E-state index contributed by atoms with van der Waals surface area (Å²) >= 11 is 0. The van der Waals surface area contributed by atoms with Crippen molar-refractivity contribution in [2.75, 3.05) is 13.2 Å². The van der Waals surface area contributed by atoms with Gasteiger partial charge in [0.25, 0.3) is 0 Å². The summed E-state index contributed by atoms with van der Waals surface area (Å²) in [5.74, 6) is -0.728. The molecule has 0 aromatic heterocycles. The Labute approximate surface area is 101 Å². The Hall–Kier alpha value is -1.68. The van der Waals surface area contributed by atoms with Crippen LogP contribution in [0.5, 0.6) is 0 Å². The highest BCUT2D eigenvalue weighted by atomic mass is 16.6. The van der Waals surface area contributed by atoms with Crippen molar-refractivity contribution in [2.24, 2.45) is 0 Å². The van der Waals surface area contributed by atoms with Gasteiger partial charge in [-0.2, -0.15) is 0 Å². The molecule has 0 aliphatic heterocycles. The molecule has 0 saturated heterocycles. The van der Waals surface area contributed by atoms with Crippen molar-refractivity contribution < 1.29 is 19.1 Å². The number of rotatable bonds is 6. The lowest BCUT2D eigenvalue weighted by Crippen LogP contribution is -2.31. The fourth-order valence-corrected chi connectivity index (χ4v) is 1.38. The van der Waals surface area contributed by atoms with Gasteiger partial charge in [-0.1, -0.05) is 30.3 Å². The molecule has 1 aromatic carbocycles. The Morgan fingerprint density at radius 2 is 1.88 bits per heavy atom. The van der Waals surface area contributed by atoms with E-state index in [1.807, 2.05) is 13.0 Å². The van der Waals surface area contributed by atoms with Crippen LogP contribution in [-0.4, -0.2) is 31.1 Å². The molecule has 0 N–H and O–H groups in total. The van der Waals surface area contributed by atoms with Gasteiger partial charge in [-0.15, -0.1) is 0 Å². The predicted molar refractivity (Wildman–Crippen MR) is 62.8 cm³/mol. The van der Waals surface area contributed by atoms with Crippen LogP contribution in [-0.2, 0) is 14.3 Å². The Bertz CT molecular complexity index is 372. The predicted octanol–water partition coefficient (Wildman–Crippen LogP) is 1.84. The van der Waals surface area contributed by atoms with Crippen LogP contribution < -0.4 is 0 Å². The molecule has 0 heterocycles. The van der Waals surface area contributed by atoms with Crippen LogP contribution in [0.25, 0.3) is 0 Å². The van der Waals surface area contributed by atoms with Crippen molar-refractivity contribution >= 4 is 11.8 Å². The van der Waals surface area contributed by atoms with E-state index < -0.39 is 12.1 Å². The summed E-state index contributed by atoms with van der Waals surface area (Å²) < 4.78 is 10.1. The van der Waals surface area contributed by atoms with Gasteiger partial charge >= 0.3 is 5.97 Å². The second-order valence-corrected chi connectivity index (χ2v) is 3.49. The topological polar surface area (TPSA) is 52.6 Å². The van der Waals surface area contributed by atoms with Crippen LogP contribution in [0.4, 0.5) is 0 Å². The van der Waals surface area contributed by atoms with Crippen molar-refractivity contribution in [2.45, 2.75) is 20.0 Å². The molecule has 1 rings (SSSR count). The molecule has 4 heteroatoms. The van der Waals surface area contributed by atoms with Gasteiger partial charge in [0, 0.05) is 19.1 Å². The third-order valence-corrected chi connectivity index (χ3v) is 2.13. The fraction of sp³-hybridized carbons (Fsp3) is 0.385. The number of ketones is 1. The zero-order valence-electron chi connectivity index (χ0n) is 10.0. The van der Waals surface area contributed by atoms with E-state index in [4.69, 9.17) is 9.47 Å². The number of benzene rings is 1. The van der Waals surface area contributed by atoms with E-state index in [1.165, 1.54) is 6.92 Å². The summed E-state index contributed by atoms with van der Waals surface area (Å²) in [5.41, 5.74) is 0.512. The smallest absolute Gasteiger partial charge is 0.303 e. The highest BCUT2D eigenvalue weighted by Crippen LogP contribution is 2.07. The molecule has 0 amide bonds. The summed E-state index contributed by atoms with van der Waals surface area (Å²) in [6.07, 6.45) is -0.866. The monoisotopic (exact) mass is 236 g/mol. The van der Waals surface area contributed by atoms with Crippen LogP contribution in [0.1, 0.15) is 24.2 Å². The zero-order valence-corrected chi connectivity index (χ0v) is 10.0. The number of ether oxygens (including phenoxy) is 2. The lowest BCUT2D eigenvalue weighted by Gasteiger charge is -2.15.